The number of carbonyl (C=O) groups is 1. The molecule has 0 aromatic carbocycles. The molecule has 1 amide bonds. The lowest BCUT2D eigenvalue weighted by atomic mass is 10.0. The molecule has 0 radical (unpaired) electrons. The molecule has 1 aromatic rings. The fourth-order valence-corrected chi connectivity index (χ4v) is 2.21. The first kappa shape index (κ1) is 16.4. The molecule has 112 valence electrons. The van der Waals surface area contributed by atoms with Gasteiger partial charge in [0, 0.05) is 24.2 Å². The van der Waals surface area contributed by atoms with Crippen molar-refractivity contribution in [1.29, 1.82) is 0 Å². The number of aromatic amines is 1. The van der Waals surface area contributed by atoms with Crippen LogP contribution in [0.1, 0.15) is 50.2 Å². The van der Waals surface area contributed by atoms with Crippen LogP contribution in [0.3, 0.4) is 0 Å². The standard InChI is InChI=1S/C15H25N3O2/c1-5-12(6-2)9-16-14(19)8-7-13-10(3)17-11(4)18-15(13)20/h12H,5-9H2,1-4H3,(H,16,19)(H,17,18,20). The van der Waals surface area contributed by atoms with Crippen LogP contribution in [-0.4, -0.2) is 22.4 Å². The SMILES string of the molecule is CCC(CC)CNC(=O)CCc1c(C)nc(C)[nH]c1=O. The van der Waals surface area contributed by atoms with Crippen molar-refractivity contribution in [3.8, 4) is 0 Å². The van der Waals surface area contributed by atoms with E-state index in [-0.39, 0.29) is 11.5 Å². The van der Waals surface area contributed by atoms with E-state index in [2.05, 4.69) is 29.1 Å². The number of aromatic nitrogens is 2. The molecule has 2 N–H and O–H groups in total. The molecule has 20 heavy (non-hydrogen) atoms. The Balaban J connectivity index is 2.51. The summed E-state index contributed by atoms with van der Waals surface area (Å²) in [5, 5.41) is 2.93. The number of carbonyl (C=O) groups excluding carboxylic acids is 1. The Bertz CT molecular complexity index is 504. The number of aryl methyl sites for hydroxylation is 2. The minimum atomic E-state index is -0.136. The summed E-state index contributed by atoms with van der Waals surface area (Å²) in [7, 11) is 0. The number of nitrogens with one attached hydrogen (secondary N) is 2. The third-order valence-corrected chi connectivity index (χ3v) is 3.69. The molecule has 5 heteroatoms. The predicted octanol–water partition coefficient (Wildman–Crippen LogP) is 1.87. The molecule has 1 heterocycles. The normalized spacial score (nSPS) is 10.8. The molecule has 1 aromatic heterocycles. The van der Waals surface area contributed by atoms with Crippen LogP contribution in [-0.2, 0) is 11.2 Å². The zero-order valence-electron chi connectivity index (χ0n) is 12.9. The summed E-state index contributed by atoms with van der Waals surface area (Å²) in [5.74, 6) is 1.14. The topological polar surface area (TPSA) is 74.8 Å². The summed E-state index contributed by atoms with van der Waals surface area (Å²) in [6.07, 6.45) is 2.90. The zero-order valence-corrected chi connectivity index (χ0v) is 12.9. The fraction of sp³-hybridized carbons (Fsp3) is 0.667. The Morgan fingerprint density at radius 3 is 2.50 bits per heavy atom. The lowest BCUT2D eigenvalue weighted by Gasteiger charge is -2.13. The molecule has 0 saturated carbocycles. The third kappa shape index (κ3) is 4.79. The van der Waals surface area contributed by atoms with E-state index < -0.39 is 0 Å². The molecular formula is C15H25N3O2. The second kappa shape index (κ2) is 7.82. The highest BCUT2D eigenvalue weighted by molar-refractivity contribution is 5.76. The van der Waals surface area contributed by atoms with Gasteiger partial charge in [0.25, 0.3) is 5.56 Å². The van der Waals surface area contributed by atoms with Crippen LogP contribution in [0.25, 0.3) is 0 Å². The number of H-pyrrole nitrogens is 1. The first-order valence-corrected chi connectivity index (χ1v) is 7.31. The van der Waals surface area contributed by atoms with E-state index in [1.54, 1.807) is 13.8 Å². The second-order valence-electron chi connectivity index (χ2n) is 5.20. The molecule has 0 saturated heterocycles. The number of rotatable bonds is 7. The highest BCUT2D eigenvalue weighted by Gasteiger charge is 2.10. The van der Waals surface area contributed by atoms with E-state index in [9.17, 15) is 9.59 Å². The third-order valence-electron chi connectivity index (χ3n) is 3.69. The lowest BCUT2D eigenvalue weighted by molar-refractivity contribution is -0.121. The van der Waals surface area contributed by atoms with Gasteiger partial charge >= 0.3 is 0 Å². The van der Waals surface area contributed by atoms with Gasteiger partial charge in [0.05, 0.1) is 0 Å². The van der Waals surface area contributed by atoms with Gasteiger partial charge < -0.3 is 10.3 Å². The van der Waals surface area contributed by atoms with E-state index in [4.69, 9.17) is 0 Å². The Kier molecular flexibility index (Phi) is 6.42. The Morgan fingerprint density at radius 2 is 1.95 bits per heavy atom. The fourth-order valence-electron chi connectivity index (χ4n) is 2.21. The highest BCUT2D eigenvalue weighted by atomic mass is 16.1. The molecule has 0 bridgehead atoms. The first-order chi connectivity index (χ1) is 9.47. The summed E-state index contributed by atoms with van der Waals surface area (Å²) >= 11 is 0. The Labute approximate surface area is 120 Å². The van der Waals surface area contributed by atoms with Crippen molar-refractivity contribution in [2.75, 3.05) is 6.54 Å². The van der Waals surface area contributed by atoms with Crippen molar-refractivity contribution in [3.05, 3.63) is 27.4 Å². The number of hydrogen-bond donors (Lipinski definition) is 2. The van der Waals surface area contributed by atoms with E-state index in [1.165, 1.54) is 0 Å². The van der Waals surface area contributed by atoms with E-state index >= 15 is 0 Å². The van der Waals surface area contributed by atoms with Crippen molar-refractivity contribution in [3.63, 3.8) is 0 Å². The van der Waals surface area contributed by atoms with Gasteiger partial charge in [-0.2, -0.15) is 0 Å². The largest absolute Gasteiger partial charge is 0.356 e. The molecule has 0 aliphatic heterocycles. The summed E-state index contributed by atoms with van der Waals surface area (Å²) in [5.41, 5.74) is 1.18. The minimum absolute atomic E-state index is 0.00345. The average Bonchev–Trinajstić information content (AvgIpc) is 2.38. The van der Waals surface area contributed by atoms with Gasteiger partial charge in [0.15, 0.2) is 0 Å². The number of nitrogens with zero attached hydrogens (tertiary/aromatic N) is 1. The van der Waals surface area contributed by atoms with Gasteiger partial charge in [-0.05, 0) is 26.2 Å². The minimum Gasteiger partial charge on any atom is -0.356 e. The summed E-state index contributed by atoms with van der Waals surface area (Å²) in [6, 6.07) is 0. The monoisotopic (exact) mass is 279 g/mol. The Morgan fingerprint density at radius 1 is 1.30 bits per heavy atom. The van der Waals surface area contributed by atoms with Gasteiger partial charge in [-0.15, -0.1) is 0 Å². The molecule has 1 rings (SSSR count). The number of amides is 1. The number of hydrogen-bond acceptors (Lipinski definition) is 3. The van der Waals surface area contributed by atoms with Crippen LogP contribution >= 0.6 is 0 Å². The predicted molar refractivity (Wildman–Crippen MR) is 79.7 cm³/mol. The first-order valence-electron chi connectivity index (χ1n) is 7.31. The molecule has 0 fully saturated rings. The Hall–Kier alpha value is -1.65. The van der Waals surface area contributed by atoms with Crippen LogP contribution in [0.5, 0.6) is 0 Å². The van der Waals surface area contributed by atoms with Crippen molar-refractivity contribution in [2.45, 2.75) is 53.4 Å². The second-order valence-corrected chi connectivity index (χ2v) is 5.20. The van der Waals surface area contributed by atoms with Crippen LogP contribution in [0.15, 0.2) is 4.79 Å². The van der Waals surface area contributed by atoms with Crippen molar-refractivity contribution in [1.82, 2.24) is 15.3 Å². The lowest BCUT2D eigenvalue weighted by Crippen LogP contribution is -2.29. The maximum absolute atomic E-state index is 11.8. The smallest absolute Gasteiger partial charge is 0.254 e. The molecule has 0 spiro atoms. The van der Waals surface area contributed by atoms with Gasteiger partial charge in [0.1, 0.15) is 5.82 Å². The van der Waals surface area contributed by atoms with Crippen LogP contribution in [0.4, 0.5) is 0 Å². The van der Waals surface area contributed by atoms with Gasteiger partial charge in [-0.25, -0.2) is 4.98 Å². The van der Waals surface area contributed by atoms with Crippen molar-refractivity contribution >= 4 is 5.91 Å². The molecule has 0 aliphatic carbocycles. The summed E-state index contributed by atoms with van der Waals surface area (Å²) < 4.78 is 0. The van der Waals surface area contributed by atoms with Crippen LogP contribution in [0, 0.1) is 19.8 Å². The van der Waals surface area contributed by atoms with Crippen LogP contribution < -0.4 is 10.9 Å². The summed E-state index contributed by atoms with van der Waals surface area (Å²) in [6.45, 7) is 8.52. The highest BCUT2D eigenvalue weighted by Crippen LogP contribution is 2.06. The van der Waals surface area contributed by atoms with Crippen molar-refractivity contribution < 1.29 is 4.79 Å². The van der Waals surface area contributed by atoms with E-state index in [0.29, 0.717) is 42.4 Å². The van der Waals surface area contributed by atoms with E-state index in [0.717, 1.165) is 12.8 Å². The average molecular weight is 279 g/mol. The molecule has 5 nitrogen and oxygen atoms in total. The molecular weight excluding hydrogens is 254 g/mol. The zero-order chi connectivity index (χ0) is 15.1. The van der Waals surface area contributed by atoms with Gasteiger partial charge in [0.2, 0.25) is 5.91 Å². The summed E-state index contributed by atoms with van der Waals surface area (Å²) in [4.78, 5) is 30.5. The maximum Gasteiger partial charge on any atom is 0.254 e. The molecule has 0 aliphatic rings. The quantitative estimate of drug-likeness (QED) is 0.800. The molecule has 0 unspecified atom stereocenters. The maximum atomic E-state index is 11.8. The molecule has 0 atom stereocenters. The van der Waals surface area contributed by atoms with Gasteiger partial charge in [-0.3, -0.25) is 9.59 Å². The van der Waals surface area contributed by atoms with E-state index in [1.807, 2.05) is 0 Å². The van der Waals surface area contributed by atoms with Crippen LogP contribution in [0.2, 0.25) is 0 Å². The van der Waals surface area contributed by atoms with Crippen molar-refractivity contribution in [2.24, 2.45) is 5.92 Å². The van der Waals surface area contributed by atoms with Gasteiger partial charge in [-0.1, -0.05) is 26.7 Å².